The molecular weight excluding hydrogens is 457 g/mol. The second-order valence-electron chi connectivity index (χ2n) is 6.81. The molecule has 2 aromatic heterocycles. The minimum Gasteiger partial charge on any atom is -0.380 e. The highest BCUT2D eigenvalue weighted by Gasteiger charge is 2.56. The number of guanidine groups is 1. The average Bonchev–Trinajstić information content (AvgIpc) is 3.09. The topological polar surface area (TPSA) is 127 Å². The zero-order valence-electron chi connectivity index (χ0n) is 15.6. The number of aliphatic imine (C=N–C) groups is 1. The van der Waals surface area contributed by atoms with E-state index in [9.17, 15) is 17.6 Å². The third kappa shape index (κ3) is 3.33. The summed E-state index contributed by atoms with van der Waals surface area (Å²) in [6, 6.07) is 5.44. The van der Waals surface area contributed by atoms with Crippen LogP contribution in [0.4, 0.5) is 10.2 Å². The molecule has 3 N–H and O–H groups in total. The zero-order valence-corrected chi connectivity index (χ0v) is 18.0. The van der Waals surface area contributed by atoms with Crippen LogP contribution in [0.2, 0.25) is 5.02 Å². The molecule has 1 amide bonds. The van der Waals surface area contributed by atoms with Gasteiger partial charge in [-0.15, -0.1) is 11.3 Å². The highest BCUT2D eigenvalue weighted by Crippen LogP contribution is 2.48. The van der Waals surface area contributed by atoms with E-state index in [1.807, 2.05) is 0 Å². The molecule has 4 heterocycles. The number of carbonyl (C=O) groups excluding carboxylic acids is 1. The predicted octanol–water partition coefficient (Wildman–Crippen LogP) is 1.76. The van der Waals surface area contributed by atoms with Crippen LogP contribution in [0.5, 0.6) is 0 Å². The summed E-state index contributed by atoms with van der Waals surface area (Å²) in [5.74, 6) is -1.41. The summed E-state index contributed by atoms with van der Waals surface area (Å²) in [6.07, 6.45) is 0.234. The number of ether oxygens (including phenoxy) is 1. The van der Waals surface area contributed by atoms with E-state index >= 15 is 0 Å². The van der Waals surface area contributed by atoms with Crippen LogP contribution in [0, 0.1) is 5.95 Å². The van der Waals surface area contributed by atoms with E-state index in [0.717, 1.165) is 21.7 Å². The number of aromatic nitrogens is 1. The fraction of sp³-hybridized carbons (Fsp3) is 0.353. The van der Waals surface area contributed by atoms with Crippen LogP contribution in [0.1, 0.15) is 21.0 Å². The molecule has 160 valence electrons. The van der Waals surface area contributed by atoms with Crippen LogP contribution in [-0.2, 0) is 20.3 Å². The average molecular weight is 474 g/mol. The van der Waals surface area contributed by atoms with Gasteiger partial charge in [0, 0.05) is 20.1 Å². The molecule has 13 heteroatoms. The maximum atomic E-state index is 13.3. The number of carbonyl (C=O) groups is 1. The van der Waals surface area contributed by atoms with Crippen LogP contribution in [0.25, 0.3) is 0 Å². The van der Waals surface area contributed by atoms with E-state index < -0.39 is 32.7 Å². The molecular formula is C17H17ClFN5O4S2. The Morgan fingerprint density at radius 3 is 3.00 bits per heavy atom. The number of hydrogen-bond acceptors (Lipinski definition) is 8. The highest BCUT2D eigenvalue weighted by atomic mass is 35.5. The molecule has 9 nitrogen and oxygen atoms in total. The van der Waals surface area contributed by atoms with Crippen LogP contribution >= 0.6 is 22.9 Å². The normalized spacial score (nSPS) is 25.4. The Bertz CT molecular complexity index is 1150. The van der Waals surface area contributed by atoms with Crippen molar-refractivity contribution in [3.8, 4) is 0 Å². The molecule has 1 unspecified atom stereocenters. The molecule has 1 fully saturated rings. The van der Waals surface area contributed by atoms with Gasteiger partial charge in [0.1, 0.15) is 16.6 Å². The molecule has 0 radical (unpaired) electrons. The number of thiophene rings is 1. The Hall–Kier alpha value is -2.28. The maximum absolute atomic E-state index is 13.3. The van der Waals surface area contributed by atoms with Gasteiger partial charge >= 0.3 is 0 Å². The van der Waals surface area contributed by atoms with Crippen LogP contribution in [0.3, 0.4) is 0 Å². The van der Waals surface area contributed by atoms with Crippen molar-refractivity contribution < 1.29 is 22.3 Å². The molecule has 0 spiro atoms. The molecule has 4 rings (SSSR count). The Morgan fingerprint density at radius 1 is 1.50 bits per heavy atom. The number of pyridine rings is 1. The summed E-state index contributed by atoms with van der Waals surface area (Å²) in [4.78, 5) is 21.4. The number of hydrogen-bond donors (Lipinski definition) is 2. The molecule has 0 aromatic carbocycles. The van der Waals surface area contributed by atoms with Crippen molar-refractivity contribution in [3.05, 3.63) is 45.0 Å². The third-order valence-electron chi connectivity index (χ3n) is 5.07. The van der Waals surface area contributed by atoms with Crippen molar-refractivity contribution in [2.75, 3.05) is 25.6 Å². The van der Waals surface area contributed by atoms with Gasteiger partial charge in [0.2, 0.25) is 21.9 Å². The monoisotopic (exact) mass is 473 g/mol. The summed E-state index contributed by atoms with van der Waals surface area (Å²) in [5, 5.41) is 1.66. The molecule has 0 bridgehead atoms. The second-order valence-corrected chi connectivity index (χ2v) is 10.4. The maximum Gasteiger partial charge on any atom is 0.266 e. The van der Waals surface area contributed by atoms with E-state index in [4.69, 9.17) is 22.1 Å². The molecule has 2 aliphatic rings. The Balaban J connectivity index is 1.75. The van der Waals surface area contributed by atoms with E-state index in [2.05, 4.69) is 15.3 Å². The molecule has 30 heavy (non-hydrogen) atoms. The lowest BCUT2D eigenvalue weighted by Crippen LogP contribution is -2.60. The van der Waals surface area contributed by atoms with E-state index in [1.54, 1.807) is 0 Å². The first kappa shape index (κ1) is 21.0. The third-order valence-corrected chi connectivity index (χ3v) is 8.97. The standard InChI is InChI=1S/C17H17ClFN5O4S2/c1-24-16(20)23-17(5-6-28-8-11(17)30(24,26)27)14-9(18)7-10(29-14)15(25)22-13-4-2-3-12(19)21-13/h2-4,7,11H,5-6,8H2,1H3,(H2,20,23)(H,21,22,25)/t11?,17-/m0/s1. The number of nitrogens with two attached hydrogens (primary N) is 1. The first-order valence-corrected chi connectivity index (χ1v) is 11.5. The van der Waals surface area contributed by atoms with Gasteiger partial charge in [-0.25, -0.2) is 22.7 Å². The predicted molar refractivity (Wildman–Crippen MR) is 111 cm³/mol. The summed E-state index contributed by atoms with van der Waals surface area (Å²) >= 11 is 7.45. The molecule has 2 atom stereocenters. The zero-order chi connectivity index (χ0) is 21.7. The summed E-state index contributed by atoms with van der Waals surface area (Å²) in [6.45, 7) is 0.182. The van der Waals surface area contributed by atoms with E-state index in [-0.39, 0.29) is 41.3 Å². The number of halogens is 2. The molecule has 0 aliphatic carbocycles. The molecule has 0 saturated carbocycles. The fourth-order valence-electron chi connectivity index (χ4n) is 3.52. The van der Waals surface area contributed by atoms with Crippen molar-refractivity contribution >= 4 is 50.6 Å². The lowest BCUT2D eigenvalue weighted by molar-refractivity contribution is 0.0545. The second kappa shape index (κ2) is 7.45. The number of anilines is 1. The van der Waals surface area contributed by atoms with Gasteiger partial charge in [0.05, 0.1) is 21.4 Å². The number of sulfonamides is 1. The van der Waals surface area contributed by atoms with Crippen LogP contribution < -0.4 is 11.1 Å². The van der Waals surface area contributed by atoms with E-state index in [1.165, 1.54) is 25.2 Å². The first-order valence-electron chi connectivity index (χ1n) is 8.80. The number of amides is 1. The molecule has 1 saturated heterocycles. The Morgan fingerprint density at radius 2 is 2.27 bits per heavy atom. The van der Waals surface area contributed by atoms with Gasteiger partial charge in [-0.2, -0.15) is 4.39 Å². The van der Waals surface area contributed by atoms with Crippen molar-refractivity contribution in [2.45, 2.75) is 17.2 Å². The molecule has 2 aliphatic heterocycles. The number of fused-ring (bicyclic) bond motifs is 1. The summed E-state index contributed by atoms with van der Waals surface area (Å²) in [7, 11) is -2.52. The van der Waals surface area contributed by atoms with Crippen molar-refractivity contribution in [1.29, 1.82) is 0 Å². The lowest BCUT2D eigenvalue weighted by atomic mass is 9.88. The van der Waals surface area contributed by atoms with Gasteiger partial charge < -0.3 is 15.8 Å². The lowest BCUT2D eigenvalue weighted by Gasteiger charge is -2.45. The Kier molecular flexibility index (Phi) is 5.21. The smallest absolute Gasteiger partial charge is 0.266 e. The largest absolute Gasteiger partial charge is 0.380 e. The summed E-state index contributed by atoms with van der Waals surface area (Å²) < 4.78 is 45.6. The van der Waals surface area contributed by atoms with Gasteiger partial charge in [0.15, 0.2) is 0 Å². The van der Waals surface area contributed by atoms with Gasteiger partial charge in [-0.1, -0.05) is 17.7 Å². The van der Waals surface area contributed by atoms with E-state index in [0.29, 0.717) is 4.88 Å². The van der Waals surface area contributed by atoms with Crippen molar-refractivity contribution in [2.24, 2.45) is 10.7 Å². The highest BCUT2D eigenvalue weighted by molar-refractivity contribution is 7.90. The van der Waals surface area contributed by atoms with Crippen LogP contribution in [-0.4, -0.2) is 55.1 Å². The van der Waals surface area contributed by atoms with Crippen LogP contribution in [0.15, 0.2) is 29.3 Å². The minimum absolute atomic E-state index is 0.0392. The SMILES string of the molecule is CN1C(N)=N[C@@]2(c3sc(C(=O)Nc4cccc(F)n4)cc3Cl)CCOCC2S1(=O)=O. The number of nitrogens with zero attached hydrogens (tertiary/aromatic N) is 3. The minimum atomic E-state index is -3.85. The van der Waals surface area contributed by atoms with Gasteiger partial charge in [-0.05, 0) is 18.2 Å². The van der Waals surface area contributed by atoms with Gasteiger partial charge in [-0.3, -0.25) is 4.79 Å². The first-order chi connectivity index (χ1) is 14.1. The quantitative estimate of drug-likeness (QED) is 0.654. The summed E-state index contributed by atoms with van der Waals surface area (Å²) in [5.41, 5.74) is 4.65. The van der Waals surface area contributed by atoms with Crippen molar-refractivity contribution in [3.63, 3.8) is 0 Å². The van der Waals surface area contributed by atoms with Crippen molar-refractivity contribution in [1.82, 2.24) is 9.29 Å². The molecule has 2 aromatic rings. The number of rotatable bonds is 3. The Labute approximate surface area is 180 Å². The fourth-order valence-corrected chi connectivity index (χ4v) is 6.94. The number of nitrogens with one attached hydrogen (secondary N) is 1. The van der Waals surface area contributed by atoms with Gasteiger partial charge in [0.25, 0.3) is 5.91 Å².